The first-order chi connectivity index (χ1) is 9.33. The summed E-state index contributed by atoms with van der Waals surface area (Å²) in [5, 5.41) is 13.2. The van der Waals surface area contributed by atoms with Gasteiger partial charge in [-0.2, -0.15) is 0 Å². The molecule has 1 saturated heterocycles. The highest BCUT2D eigenvalue weighted by Crippen LogP contribution is 2.37. The number of nitro benzene ring substituents is 1. The first-order valence-electron chi connectivity index (χ1n) is 5.68. The highest BCUT2D eigenvalue weighted by molar-refractivity contribution is 7.89. The summed E-state index contributed by atoms with van der Waals surface area (Å²) in [5.41, 5.74) is -0.610. The number of nitro groups is 1. The third kappa shape index (κ3) is 3.04. The average molecular weight is 340 g/mol. The normalized spacial score (nSPS) is 19.2. The summed E-state index contributed by atoms with van der Waals surface area (Å²) in [6.07, 6.45) is 0.645. The van der Waals surface area contributed by atoms with Crippen LogP contribution in [0.25, 0.3) is 0 Å². The van der Waals surface area contributed by atoms with Gasteiger partial charge in [0.25, 0.3) is 0 Å². The van der Waals surface area contributed by atoms with Gasteiger partial charge in [0.15, 0.2) is 0 Å². The van der Waals surface area contributed by atoms with Gasteiger partial charge in [0.2, 0.25) is 10.0 Å². The van der Waals surface area contributed by atoms with Crippen LogP contribution in [0.2, 0.25) is 10.0 Å². The van der Waals surface area contributed by atoms with E-state index in [0.29, 0.717) is 19.5 Å². The first kappa shape index (κ1) is 15.5. The van der Waals surface area contributed by atoms with E-state index in [1.165, 1.54) is 0 Å². The molecule has 0 radical (unpaired) electrons. The van der Waals surface area contributed by atoms with Crippen LogP contribution in [-0.4, -0.2) is 32.5 Å². The van der Waals surface area contributed by atoms with Crippen LogP contribution in [0, 0.1) is 10.1 Å². The topological polar surface area (TPSA) is 101 Å². The Hall–Kier alpha value is -0.930. The predicted octanol–water partition coefficient (Wildman–Crippen LogP) is 1.54. The number of nitrogens with zero attached hydrogens (tertiary/aromatic N) is 1. The SMILES string of the molecule is O=[N+]([O-])c1c(Cl)ccc(S(=O)(=O)N[C@@H]2CCNC2)c1Cl. The minimum atomic E-state index is -3.93. The molecule has 0 bridgehead atoms. The van der Waals surface area contributed by atoms with Gasteiger partial charge in [0.1, 0.15) is 14.9 Å². The monoisotopic (exact) mass is 339 g/mol. The smallest absolute Gasteiger partial charge is 0.307 e. The van der Waals surface area contributed by atoms with Gasteiger partial charge in [0, 0.05) is 12.6 Å². The standard InChI is InChI=1S/C10H11Cl2N3O4S/c11-7-1-2-8(9(12)10(7)15(16)17)20(18,19)14-6-3-4-13-5-6/h1-2,6,13-14H,3-5H2/t6-/m1/s1. The minimum Gasteiger partial charge on any atom is -0.315 e. The minimum absolute atomic E-state index is 0.207. The van der Waals surface area contributed by atoms with Gasteiger partial charge >= 0.3 is 5.69 Å². The summed E-state index contributed by atoms with van der Waals surface area (Å²) in [6.45, 7) is 1.22. The molecule has 0 aliphatic carbocycles. The van der Waals surface area contributed by atoms with Crippen molar-refractivity contribution in [2.24, 2.45) is 0 Å². The Kier molecular flexibility index (Phi) is 4.50. The number of sulfonamides is 1. The number of nitrogens with one attached hydrogen (secondary N) is 2. The maximum atomic E-state index is 12.2. The molecule has 1 aromatic rings. The zero-order chi connectivity index (χ0) is 14.9. The Morgan fingerprint density at radius 3 is 2.65 bits per heavy atom. The highest BCUT2D eigenvalue weighted by Gasteiger charge is 2.30. The Labute approximate surface area is 125 Å². The second-order valence-corrected chi connectivity index (χ2v) is 6.74. The fraction of sp³-hybridized carbons (Fsp3) is 0.400. The van der Waals surface area contributed by atoms with Gasteiger partial charge in [-0.25, -0.2) is 13.1 Å². The molecule has 0 spiro atoms. The van der Waals surface area contributed by atoms with Crippen molar-refractivity contribution < 1.29 is 13.3 Å². The molecule has 2 rings (SSSR count). The summed E-state index contributed by atoms with van der Waals surface area (Å²) >= 11 is 11.5. The van der Waals surface area contributed by atoms with E-state index in [-0.39, 0.29) is 16.0 Å². The molecule has 110 valence electrons. The second kappa shape index (κ2) is 5.82. The lowest BCUT2D eigenvalue weighted by Gasteiger charge is -2.13. The second-order valence-electron chi connectivity index (χ2n) is 4.28. The third-order valence-corrected chi connectivity index (χ3v) is 5.25. The van der Waals surface area contributed by atoms with E-state index in [2.05, 4.69) is 10.0 Å². The van der Waals surface area contributed by atoms with Gasteiger partial charge in [-0.05, 0) is 25.1 Å². The first-order valence-corrected chi connectivity index (χ1v) is 7.92. The number of hydrogen-bond donors (Lipinski definition) is 2. The number of rotatable bonds is 4. The van der Waals surface area contributed by atoms with Crippen LogP contribution >= 0.6 is 23.2 Å². The Morgan fingerprint density at radius 2 is 2.10 bits per heavy atom. The van der Waals surface area contributed by atoms with Crippen molar-refractivity contribution in [1.29, 1.82) is 0 Å². The molecule has 0 unspecified atom stereocenters. The van der Waals surface area contributed by atoms with Crippen molar-refractivity contribution in [3.8, 4) is 0 Å². The van der Waals surface area contributed by atoms with Crippen molar-refractivity contribution in [2.45, 2.75) is 17.4 Å². The maximum Gasteiger partial charge on any atom is 0.307 e. The van der Waals surface area contributed by atoms with Crippen LogP contribution in [0.15, 0.2) is 17.0 Å². The molecule has 0 saturated carbocycles. The van der Waals surface area contributed by atoms with E-state index in [9.17, 15) is 18.5 Å². The van der Waals surface area contributed by atoms with E-state index >= 15 is 0 Å². The fourth-order valence-corrected chi connectivity index (χ4v) is 4.10. The average Bonchev–Trinajstić information content (AvgIpc) is 2.79. The Balaban J connectivity index is 2.41. The van der Waals surface area contributed by atoms with Crippen LogP contribution in [-0.2, 0) is 10.0 Å². The molecule has 0 aromatic heterocycles. The largest absolute Gasteiger partial charge is 0.315 e. The number of benzene rings is 1. The number of hydrogen-bond acceptors (Lipinski definition) is 5. The lowest BCUT2D eigenvalue weighted by molar-refractivity contribution is -0.384. The molecule has 1 aliphatic heterocycles. The molecule has 1 atom stereocenters. The molecular formula is C10H11Cl2N3O4S. The fourth-order valence-electron chi connectivity index (χ4n) is 1.94. The van der Waals surface area contributed by atoms with Crippen molar-refractivity contribution in [2.75, 3.05) is 13.1 Å². The van der Waals surface area contributed by atoms with Crippen molar-refractivity contribution in [3.05, 3.63) is 32.3 Å². The van der Waals surface area contributed by atoms with Gasteiger partial charge in [-0.15, -0.1) is 0 Å². The molecule has 10 heteroatoms. The van der Waals surface area contributed by atoms with Crippen LogP contribution in [0.5, 0.6) is 0 Å². The lowest BCUT2D eigenvalue weighted by Crippen LogP contribution is -2.36. The quantitative estimate of drug-likeness (QED) is 0.640. The van der Waals surface area contributed by atoms with Crippen LogP contribution < -0.4 is 10.0 Å². The van der Waals surface area contributed by atoms with Crippen molar-refractivity contribution >= 4 is 38.9 Å². The van der Waals surface area contributed by atoms with E-state index in [1.54, 1.807) is 0 Å². The van der Waals surface area contributed by atoms with Gasteiger partial charge in [-0.3, -0.25) is 10.1 Å². The molecule has 1 fully saturated rings. The molecule has 20 heavy (non-hydrogen) atoms. The van der Waals surface area contributed by atoms with E-state index < -0.39 is 25.7 Å². The predicted molar refractivity (Wildman–Crippen MR) is 74.7 cm³/mol. The van der Waals surface area contributed by atoms with Crippen LogP contribution in [0.3, 0.4) is 0 Å². The molecule has 0 amide bonds. The molecule has 1 heterocycles. The molecule has 2 N–H and O–H groups in total. The molecule has 1 aromatic carbocycles. The Bertz CT molecular complexity index is 644. The van der Waals surface area contributed by atoms with Crippen LogP contribution in [0.1, 0.15) is 6.42 Å². The van der Waals surface area contributed by atoms with Crippen molar-refractivity contribution in [1.82, 2.24) is 10.0 Å². The maximum absolute atomic E-state index is 12.2. The third-order valence-electron chi connectivity index (χ3n) is 2.89. The van der Waals surface area contributed by atoms with E-state index in [4.69, 9.17) is 23.2 Å². The number of halogens is 2. The molecule has 1 aliphatic rings. The molecular weight excluding hydrogens is 329 g/mol. The van der Waals surface area contributed by atoms with Crippen LogP contribution in [0.4, 0.5) is 5.69 Å². The van der Waals surface area contributed by atoms with Gasteiger partial charge in [0.05, 0.1) is 4.92 Å². The van der Waals surface area contributed by atoms with Gasteiger partial charge in [-0.1, -0.05) is 23.2 Å². The summed E-state index contributed by atoms with van der Waals surface area (Å²) in [7, 11) is -3.93. The summed E-state index contributed by atoms with van der Waals surface area (Å²) in [5.74, 6) is 0. The highest BCUT2D eigenvalue weighted by atomic mass is 35.5. The van der Waals surface area contributed by atoms with E-state index in [1.807, 2.05) is 0 Å². The van der Waals surface area contributed by atoms with E-state index in [0.717, 1.165) is 12.1 Å². The summed E-state index contributed by atoms with van der Waals surface area (Å²) in [6, 6.07) is 2.04. The summed E-state index contributed by atoms with van der Waals surface area (Å²) in [4.78, 5) is 9.73. The Morgan fingerprint density at radius 1 is 1.40 bits per heavy atom. The zero-order valence-corrected chi connectivity index (χ0v) is 12.4. The van der Waals surface area contributed by atoms with Crippen molar-refractivity contribution in [3.63, 3.8) is 0 Å². The van der Waals surface area contributed by atoms with Gasteiger partial charge < -0.3 is 5.32 Å². The molecule has 7 nitrogen and oxygen atoms in total. The summed E-state index contributed by atoms with van der Waals surface area (Å²) < 4.78 is 26.9. The lowest BCUT2D eigenvalue weighted by atomic mass is 10.3. The zero-order valence-electron chi connectivity index (χ0n) is 10.1.